The molecule has 0 unspecified atom stereocenters. The van der Waals surface area contributed by atoms with Crippen molar-refractivity contribution in [2.24, 2.45) is 10.7 Å². The number of aromatic nitrogens is 1. The zero-order valence-corrected chi connectivity index (χ0v) is 15.3. The van der Waals surface area contributed by atoms with Gasteiger partial charge >= 0.3 is 6.36 Å². The van der Waals surface area contributed by atoms with Crippen LogP contribution in [0.4, 0.5) is 24.0 Å². The molecule has 146 valence electrons. The van der Waals surface area contributed by atoms with Crippen molar-refractivity contribution in [1.82, 2.24) is 4.98 Å². The predicted octanol–water partition coefficient (Wildman–Crippen LogP) is 3.61. The number of nitrogens with zero attached hydrogens (tertiary/aromatic N) is 3. The minimum atomic E-state index is -4.78. The summed E-state index contributed by atoms with van der Waals surface area (Å²) in [5, 5.41) is 5.67. The second-order valence-corrected chi connectivity index (χ2v) is 6.84. The van der Waals surface area contributed by atoms with Crippen LogP contribution in [0.5, 0.6) is 5.75 Å². The van der Waals surface area contributed by atoms with Gasteiger partial charge in [-0.25, -0.2) is 4.98 Å². The van der Waals surface area contributed by atoms with Gasteiger partial charge in [0, 0.05) is 31.4 Å². The Morgan fingerprint density at radius 3 is 2.78 bits per heavy atom. The number of benzene rings is 1. The van der Waals surface area contributed by atoms with Crippen LogP contribution in [0.2, 0.25) is 0 Å². The normalized spacial score (nSPS) is 15.2. The summed E-state index contributed by atoms with van der Waals surface area (Å²) in [6.45, 7) is 2.47. The molecule has 0 bridgehead atoms. The molecule has 1 aliphatic heterocycles. The molecule has 1 aliphatic rings. The van der Waals surface area contributed by atoms with E-state index < -0.39 is 6.36 Å². The first-order valence-electron chi connectivity index (χ1n) is 8.52. The number of hydrogen-bond acceptors (Lipinski definition) is 5. The summed E-state index contributed by atoms with van der Waals surface area (Å²) in [5.74, 6) is -0.346. The quantitative estimate of drug-likeness (QED) is 0.573. The Morgan fingerprint density at radius 1 is 1.30 bits per heavy atom. The van der Waals surface area contributed by atoms with Crippen molar-refractivity contribution in [3.8, 4) is 5.75 Å². The number of ether oxygens (including phenoxy) is 1. The molecular weight excluding hydrogens is 379 g/mol. The van der Waals surface area contributed by atoms with Gasteiger partial charge in [-0.15, -0.1) is 24.5 Å². The molecule has 0 atom stereocenters. The first kappa shape index (κ1) is 19.3. The number of rotatable bonds is 6. The lowest BCUT2D eigenvalue weighted by Crippen LogP contribution is -2.25. The monoisotopic (exact) mass is 399 g/mol. The Kier molecular flexibility index (Phi) is 6.04. The van der Waals surface area contributed by atoms with Gasteiger partial charge in [-0.1, -0.05) is 12.1 Å². The van der Waals surface area contributed by atoms with Gasteiger partial charge in [-0.05, 0) is 25.0 Å². The topological polar surface area (TPSA) is 75.8 Å². The van der Waals surface area contributed by atoms with E-state index >= 15 is 0 Å². The molecule has 27 heavy (non-hydrogen) atoms. The number of halogens is 3. The van der Waals surface area contributed by atoms with E-state index in [1.54, 1.807) is 17.4 Å². The van der Waals surface area contributed by atoms with Crippen LogP contribution in [-0.2, 0) is 6.42 Å². The van der Waals surface area contributed by atoms with E-state index in [2.05, 4.69) is 24.9 Å². The smallest absolute Gasteiger partial charge is 0.404 e. The van der Waals surface area contributed by atoms with Gasteiger partial charge in [0.15, 0.2) is 16.8 Å². The predicted molar refractivity (Wildman–Crippen MR) is 101 cm³/mol. The summed E-state index contributed by atoms with van der Waals surface area (Å²) in [7, 11) is 0. The number of aliphatic imine (C=N–C) groups is 1. The van der Waals surface area contributed by atoms with Crippen molar-refractivity contribution < 1.29 is 17.9 Å². The van der Waals surface area contributed by atoms with Crippen LogP contribution in [-0.4, -0.2) is 36.9 Å². The van der Waals surface area contributed by atoms with Gasteiger partial charge in [-0.2, -0.15) is 0 Å². The maximum absolute atomic E-state index is 12.4. The van der Waals surface area contributed by atoms with Crippen LogP contribution in [0.15, 0.2) is 34.6 Å². The second kappa shape index (κ2) is 8.47. The van der Waals surface area contributed by atoms with E-state index in [0.717, 1.165) is 23.9 Å². The van der Waals surface area contributed by atoms with Crippen LogP contribution >= 0.6 is 11.3 Å². The maximum Gasteiger partial charge on any atom is 0.573 e. The SMILES string of the molecule is NC(=NCCc1csc(N2CCCC2)n1)Nc1ccccc1OC(F)(F)F. The molecule has 0 radical (unpaired) electrons. The molecule has 1 aromatic heterocycles. The summed E-state index contributed by atoms with van der Waals surface area (Å²) in [5.41, 5.74) is 6.81. The van der Waals surface area contributed by atoms with Gasteiger partial charge in [0.25, 0.3) is 0 Å². The number of thiazole rings is 1. The van der Waals surface area contributed by atoms with E-state index in [-0.39, 0.29) is 17.4 Å². The third-order valence-electron chi connectivity index (χ3n) is 3.94. The molecule has 1 aromatic carbocycles. The van der Waals surface area contributed by atoms with Crippen molar-refractivity contribution in [3.63, 3.8) is 0 Å². The Bertz CT molecular complexity index is 787. The first-order chi connectivity index (χ1) is 12.9. The Balaban J connectivity index is 1.54. The van der Waals surface area contributed by atoms with Crippen molar-refractivity contribution >= 4 is 28.1 Å². The minimum Gasteiger partial charge on any atom is -0.404 e. The van der Waals surface area contributed by atoms with Crippen molar-refractivity contribution in [1.29, 1.82) is 0 Å². The second-order valence-electron chi connectivity index (χ2n) is 6.00. The van der Waals surface area contributed by atoms with Crippen LogP contribution in [0.3, 0.4) is 0 Å². The standard InChI is InChI=1S/C17H20F3N5OS/c18-17(19,20)26-14-6-2-1-5-13(14)24-15(21)22-8-7-12-11-27-16(23-12)25-9-3-4-10-25/h1-2,5-6,11H,3-4,7-10H2,(H3,21,22,24). The molecule has 2 heterocycles. The highest BCUT2D eigenvalue weighted by Gasteiger charge is 2.32. The van der Waals surface area contributed by atoms with Crippen molar-refractivity contribution in [2.45, 2.75) is 25.6 Å². The number of nitrogens with two attached hydrogens (primary N) is 1. The number of anilines is 2. The number of alkyl halides is 3. The molecule has 3 rings (SSSR count). The molecule has 0 spiro atoms. The van der Waals surface area contributed by atoms with Crippen LogP contribution < -0.4 is 20.7 Å². The molecule has 0 amide bonds. The van der Waals surface area contributed by atoms with Crippen molar-refractivity contribution in [2.75, 3.05) is 29.9 Å². The summed E-state index contributed by atoms with van der Waals surface area (Å²) < 4.78 is 41.3. The molecule has 0 saturated carbocycles. The van der Waals surface area contributed by atoms with Crippen molar-refractivity contribution in [3.05, 3.63) is 35.3 Å². The molecule has 1 fully saturated rings. The van der Waals surface area contributed by atoms with Gasteiger partial charge in [0.1, 0.15) is 0 Å². The molecule has 6 nitrogen and oxygen atoms in total. The molecule has 2 aromatic rings. The summed E-state index contributed by atoms with van der Waals surface area (Å²) >= 11 is 1.61. The van der Waals surface area contributed by atoms with Crippen LogP contribution in [0.25, 0.3) is 0 Å². The summed E-state index contributed by atoms with van der Waals surface area (Å²) in [6, 6.07) is 5.66. The lowest BCUT2D eigenvalue weighted by Gasteiger charge is -2.14. The molecule has 10 heteroatoms. The average molecular weight is 399 g/mol. The van der Waals surface area contributed by atoms with Gasteiger partial charge in [0.2, 0.25) is 0 Å². The Labute approximate surface area is 158 Å². The average Bonchev–Trinajstić information content (AvgIpc) is 3.26. The molecule has 3 N–H and O–H groups in total. The molecule has 0 aliphatic carbocycles. The number of guanidine groups is 1. The van der Waals surface area contributed by atoms with E-state index in [9.17, 15) is 13.2 Å². The van der Waals surface area contributed by atoms with E-state index in [1.165, 1.54) is 31.0 Å². The summed E-state index contributed by atoms with van der Waals surface area (Å²) in [6.07, 6.45) is -1.78. The lowest BCUT2D eigenvalue weighted by molar-refractivity contribution is -0.274. The highest BCUT2D eigenvalue weighted by atomic mass is 32.1. The zero-order chi connectivity index (χ0) is 19.3. The van der Waals surface area contributed by atoms with Gasteiger partial charge < -0.3 is 20.7 Å². The fourth-order valence-corrected chi connectivity index (χ4v) is 3.63. The summed E-state index contributed by atoms with van der Waals surface area (Å²) in [4.78, 5) is 11.0. The van der Waals surface area contributed by atoms with Crippen LogP contribution in [0.1, 0.15) is 18.5 Å². The number of nitrogens with one attached hydrogen (secondary N) is 1. The largest absolute Gasteiger partial charge is 0.573 e. The number of hydrogen-bond donors (Lipinski definition) is 2. The van der Waals surface area contributed by atoms with Crippen LogP contribution in [0, 0.1) is 0 Å². The fraction of sp³-hybridized carbons (Fsp3) is 0.412. The van der Waals surface area contributed by atoms with E-state index in [1.807, 2.05) is 5.38 Å². The lowest BCUT2D eigenvalue weighted by atomic mass is 10.3. The number of para-hydroxylation sites is 2. The maximum atomic E-state index is 12.4. The van der Waals surface area contributed by atoms with E-state index in [0.29, 0.717) is 13.0 Å². The van der Waals surface area contributed by atoms with Gasteiger partial charge in [-0.3, -0.25) is 4.99 Å². The van der Waals surface area contributed by atoms with Gasteiger partial charge in [0.05, 0.1) is 11.4 Å². The zero-order valence-electron chi connectivity index (χ0n) is 14.5. The highest BCUT2D eigenvalue weighted by Crippen LogP contribution is 2.29. The fourth-order valence-electron chi connectivity index (χ4n) is 2.72. The highest BCUT2D eigenvalue weighted by molar-refractivity contribution is 7.13. The molecular formula is C17H20F3N5OS. The first-order valence-corrected chi connectivity index (χ1v) is 9.40. The Morgan fingerprint density at radius 2 is 2.04 bits per heavy atom. The third kappa shape index (κ3) is 5.75. The minimum absolute atomic E-state index is 0.0169. The van der Waals surface area contributed by atoms with E-state index in [4.69, 9.17) is 5.73 Å². The third-order valence-corrected chi connectivity index (χ3v) is 4.89. The molecule has 1 saturated heterocycles. The Hall–Kier alpha value is -2.49.